The molecule has 2 aromatic heterocycles. The number of aromatic nitrogens is 3. The molecule has 1 aliphatic heterocycles. The Morgan fingerprint density at radius 2 is 2.40 bits per heavy atom. The zero-order valence-electron chi connectivity index (χ0n) is 13.5. The van der Waals surface area contributed by atoms with Gasteiger partial charge in [0.1, 0.15) is 5.56 Å². The zero-order valence-corrected chi connectivity index (χ0v) is 13.5. The Kier molecular flexibility index (Phi) is 4.63. The Labute approximate surface area is 143 Å². The number of halogens is 1. The van der Waals surface area contributed by atoms with Crippen molar-refractivity contribution in [3.63, 3.8) is 0 Å². The summed E-state index contributed by atoms with van der Waals surface area (Å²) in [5.41, 5.74) is 5.94. The number of nitrogens with one attached hydrogen (secondary N) is 1. The molecule has 0 radical (unpaired) electrons. The number of amides is 1. The van der Waals surface area contributed by atoms with E-state index in [4.69, 9.17) is 10.5 Å². The molecule has 0 aliphatic carbocycles. The van der Waals surface area contributed by atoms with Crippen LogP contribution in [0.3, 0.4) is 0 Å². The van der Waals surface area contributed by atoms with E-state index in [0.717, 1.165) is 0 Å². The summed E-state index contributed by atoms with van der Waals surface area (Å²) < 4.78 is 20.4. The lowest BCUT2D eigenvalue weighted by Gasteiger charge is -2.31. The molecule has 3 N–H and O–H groups in total. The lowest BCUT2D eigenvalue weighted by atomic mass is 9.93. The maximum Gasteiger partial charge on any atom is 0.254 e. The van der Waals surface area contributed by atoms with Crippen LogP contribution in [-0.2, 0) is 4.74 Å². The van der Waals surface area contributed by atoms with Crippen LogP contribution in [0.2, 0.25) is 0 Å². The van der Waals surface area contributed by atoms with Gasteiger partial charge in [0.05, 0.1) is 30.7 Å². The van der Waals surface area contributed by atoms with E-state index in [1.54, 1.807) is 0 Å². The molecule has 0 aromatic carbocycles. The standard InChI is InChI=1S/C16H17FN6O2/c1-9-4-10(6-18)13(8-25-9)23-7-12(15(19)24)16(22-23)21-11-2-3-20-14(17)5-11/h2-3,5,7,9-10,13H,4,8H2,1H3,(H2,19,24)(H,20,21,22)/t9-,10+,13-/m0/s1. The van der Waals surface area contributed by atoms with Gasteiger partial charge in [0.25, 0.3) is 5.91 Å². The lowest BCUT2D eigenvalue weighted by Crippen LogP contribution is -2.33. The summed E-state index contributed by atoms with van der Waals surface area (Å²) in [4.78, 5) is 15.2. The molecule has 3 rings (SSSR count). The van der Waals surface area contributed by atoms with Crippen molar-refractivity contribution in [1.82, 2.24) is 14.8 Å². The third-order valence-corrected chi connectivity index (χ3v) is 4.09. The van der Waals surface area contributed by atoms with Gasteiger partial charge in [-0.15, -0.1) is 0 Å². The third kappa shape index (κ3) is 3.59. The van der Waals surface area contributed by atoms with Crippen LogP contribution < -0.4 is 11.1 Å². The van der Waals surface area contributed by atoms with Crippen LogP contribution in [-0.4, -0.2) is 33.4 Å². The van der Waals surface area contributed by atoms with Gasteiger partial charge in [-0.3, -0.25) is 9.48 Å². The Morgan fingerprint density at radius 3 is 3.08 bits per heavy atom. The number of hydrogen-bond acceptors (Lipinski definition) is 6. The summed E-state index contributed by atoms with van der Waals surface area (Å²) in [6.07, 6.45) is 3.34. The summed E-state index contributed by atoms with van der Waals surface area (Å²) in [7, 11) is 0. The highest BCUT2D eigenvalue weighted by Gasteiger charge is 2.32. The Balaban J connectivity index is 1.92. The number of rotatable bonds is 4. The fourth-order valence-electron chi connectivity index (χ4n) is 2.81. The third-order valence-electron chi connectivity index (χ3n) is 4.09. The Bertz CT molecular complexity index is 830. The Hall–Kier alpha value is -2.99. The molecule has 3 atom stereocenters. The van der Waals surface area contributed by atoms with Gasteiger partial charge in [-0.05, 0) is 19.4 Å². The van der Waals surface area contributed by atoms with Gasteiger partial charge < -0.3 is 15.8 Å². The fraction of sp³-hybridized carbons (Fsp3) is 0.375. The second-order valence-electron chi connectivity index (χ2n) is 5.91. The lowest BCUT2D eigenvalue weighted by molar-refractivity contribution is -0.0215. The van der Waals surface area contributed by atoms with Gasteiger partial charge in [-0.25, -0.2) is 4.98 Å². The number of ether oxygens (including phenoxy) is 1. The molecule has 0 spiro atoms. The number of primary amides is 1. The summed E-state index contributed by atoms with van der Waals surface area (Å²) in [5.74, 6) is -1.45. The summed E-state index contributed by atoms with van der Waals surface area (Å²) >= 11 is 0. The highest BCUT2D eigenvalue weighted by molar-refractivity contribution is 5.98. The van der Waals surface area contributed by atoms with Crippen molar-refractivity contribution in [2.75, 3.05) is 11.9 Å². The predicted octanol–water partition coefficient (Wildman–Crippen LogP) is 1.75. The molecule has 2 aromatic rings. The van der Waals surface area contributed by atoms with Crippen molar-refractivity contribution in [1.29, 1.82) is 5.26 Å². The smallest absolute Gasteiger partial charge is 0.254 e. The van der Waals surface area contributed by atoms with Gasteiger partial charge in [-0.1, -0.05) is 0 Å². The Morgan fingerprint density at radius 1 is 1.60 bits per heavy atom. The van der Waals surface area contributed by atoms with Crippen LogP contribution in [0.4, 0.5) is 15.9 Å². The monoisotopic (exact) mass is 344 g/mol. The van der Waals surface area contributed by atoms with Gasteiger partial charge in [0.2, 0.25) is 5.95 Å². The number of carbonyl (C=O) groups excluding carboxylic acids is 1. The van der Waals surface area contributed by atoms with Crippen LogP contribution in [0.15, 0.2) is 24.5 Å². The largest absolute Gasteiger partial charge is 0.376 e. The van der Waals surface area contributed by atoms with Crippen LogP contribution in [0, 0.1) is 23.2 Å². The second-order valence-corrected chi connectivity index (χ2v) is 5.91. The molecule has 1 saturated heterocycles. The zero-order chi connectivity index (χ0) is 18.0. The molecule has 0 unspecified atom stereocenters. The van der Waals surface area contributed by atoms with E-state index >= 15 is 0 Å². The maximum absolute atomic E-state index is 13.2. The van der Waals surface area contributed by atoms with Crippen molar-refractivity contribution >= 4 is 17.4 Å². The first-order valence-corrected chi connectivity index (χ1v) is 7.76. The number of carbonyl (C=O) groups is 1. The topological polar surface area (TPSA) is 119 Å². The number of hydrogen-bond donors (Lipinski definition) is 2. The van der Waals surface area contributed by atoms with Crippen LogP contribution in [0.25, 0.3) is 0 Å². The van der Waals surface area contributed by atoms with E-state index in [-0.39, 0.29) is 29.4 Å². The molecular formula is C16H17FN6O2. The fourth-order valence-corrected chi connectivity index (χ4v) is 2.81. The van der Waals surface area contributed by atoms with Gasteiger partial charge >= 0.3 is 0 Å². The van der Waals surface area contributed by atoms with E-state index < -0.39 is 11.9 Å². The summed E-state index contributed by atoms with van der Waals surface area (Å²) in [5, 5.41) is 16.6. The molecule has 0 bridgehead atoms. The SMILES string of the molecule is C[C@H]1C[C@H](C#N)[C@@H](n2cc(C(N)=O)c(Nc3ccnc(F)c3)n2)CO1. The van der Waals surface area contributed by atoms with Crippen molar-refractivity contribution in [3.05, 3.63) is 36.0 Å². The van der Waals surface area contributed by atoms with E-state index in [9.17, 15) is 14.4 Å². The number of nitrogens with two attached hydrogens (primary N) is 1. The molecule has 1 fully saturated rings. The number of nitriles is 1. The molecule has 0 saturated carbocycles. The van der Waals surface area contributed by atoms with Crippen molar-refractivity contribution in [2.45, 2.75) is 25.5 Å². The van der Waals surface area contributed by atoms with Crippen molar-refractivity contribution in [2.24, 2.45) is 11.7 Å². The molecule has 8 nitrogen and oxygen atoms in total. The average molecular weight is 344 g/mol. The molecule has 1 aliphatic rings. The normalized spacial score (nSPS) is 23.0. The van der Waals surface area contributed by atoms with E-state index in [0.29, 0.717) is 18.7 Å². The summed E-state index contributed by atoms with van der Waals surface area (Å²) in [6.45, 7) is 2.21. The minimum absolute atomic E-state index is 0.00976. The van der Waals surface area contributed by atoms with Crippen molar-refractivity contribution < 1.29 is 13.9 Å². The quantitative estimate of drug-likeness (QED) is 0.816. The van der Waals surface area contributed by atoms with Crippen LogP contribution >= 0.6 is 0 Å². The first kappa shape index (κ1) is 16.9. The van der Waals surface area contributed by atoms with E-state index in [1.807, 2.05) is 6.92 Å². The first-order chi connectivity index (χ1) is 12.0. The van der Waals surface area contributed by atoms with E-state index in [1.165, 1.54) is 29.2 Å². The van der Waals surface area contributed by atoms with Crippen LogP contribution in [0.5, 0.6) is 0 Å². The van der Waals surface area contributed by atoms with E-state index in [2.05, 4.69) is 21.5 Å². The predicted molar refractivity (Wildman–Crippen MR) is 86.4 cm³/mol. The number of pyridine rings is 1. The number of anilines is 2. The van der Waals surface area contributed by atoms with Gasteiger partial charge in [-0.2, -0.15) is 14.8 Å². The minimum atomic E-state index is -0.679. The number of nitrogens with zero attached hydrogens (tertiary/aromatic N) is 4. The highest BCUT2D eigenvalue weighted by Crippen LogP contribution is 2.30. The van der Waals surface area contributed by atoms with Crippen molar-refractivity contribution in [3.8, 4) is 6.07 Å². The molecule has 3 heterocycles. The molecule has 1 amide bonds. The molecule has 25 heavy (non-hydrogen) atoms. The maximum atomic E-state index is 13.2. The average Bonchev–Trinajstić information content (AvgIpc) is 2.98. The highest BCUT2D eigenvalue weighted by atomic mass is 19.1. The second kappa shape index (κ2) is 6.86. The molecular weight excluding hydrogens is 327 g/mol. The summed E-state index contributed by atoms with van der Waals surface area (Å²) in [6, 6.07) is 4.65. The van der Waals surface area contributed by atoms with Gasteiger partial charge in [0, 0.05) is 24.1 Å². The van der Waals surface area contributed by atoms with Gasteiger partial charge in [0.15, 0.2) is 5.82 Å². The first-order valence-electron chi connectivity index (χ1n) is 7.76. The minimum Gasteiger partial charge on any atom is -0.376 e. The molecule has 9 heteroatoms. The van der Waals surface area contributed by atoms with Crippen LogP contribution in [0.1, 0.15) is 29.7 Å². The molecule has 130 valence electrons.